The van der Waals surface area contributed by atoms with Gasteiger partial charge in [-0.1, -0.05) is 12.1 Å². The third kappa shape index (κ3) is 4.97. The van der Waals surface area contributed by atoms with Crippen molar-refractivity contribution in [1.82, 2.24) is 0 Å². The van der Waals surface area contributed by atoms with Crippen molar-refractivity contribution in [1.29, 1.82) is 0 Å². The van der Waals surface area contributed by atoms with E-state index in [1.807, 2.05) is 36.4 Å². The number of nitrogens with one attached hydrogen (secondary N) is 1. The fourth-order valence-corrected chi connectivity index (χ4v) is 3.70. The first kappa shape index (κ1) is 18.7. The molecule has 1 aliphatic carbocycles. The van der Waals surface area contributed by atoms with Crippen LogP contribution < -0.4 is 19.5 Å². The Morgan fingerprint density at radius 1 is 1.00 bits per heavy atom. The number of benzene rings is 2. The molecule has 0 bridgehead atoms. The molecule has 1 aliphatic heterocycles. The highest BCUT2D eigenvalue weighted by Crippen LogP contribution is 2.32. The van der Waals surface area contributed by atoms with Crippen LogP contribution in [-0.2, 0) is 11.2 Å². The molecule has 1 amide bonds. The second kappa shape index (κ2) is 9.00. The maximum Gasteiger partial charge on any atom is 0.224 e. The lowest BCUT2D eigenvalue weighted by Gasteiger charge is -2.14. The molecule has 2 aliphatic rings. The second-order valence-electron chi connectivity index (χ2n) is 7.43. The van der Waals surface area contributed by atoms with Crippen molar-refractivity contribution in [3.63, 3.8) is 0 Å². The minimum atomic E-state index is -0.0170. The fraction of sp³-hybridized carbons (Fsp3) is 0.435. The van der Waals surface area contributed by atoms with Crippen LogP contribution in [0.1, 0.15) is 44.1 Å². The minimum absolute atomic E-state index is 0.0170. The zero-order valence-corrected chi connectivity index (χ0v) is 16.1. The van der Waals surface area contributed by atoms with Crippen LogP contribution in [0.3, 0.4) is 0 Å². The van der Waals surface area contributed by atoms with Gasteiger partial charge in [0.2, 0.25) is 5.91 Å². The predicted octanol–water partition coefficient (Wildman–Crippen LogP) is 4.74. The van der Waals surface area contributed by atoms with Crippen LogP contribution >= 0.6 is 0 Å². The van der Waals surface area contributed by atoms with Gasteiger partial charge in [-0.2, -0.15) is 0 Å². The van der Waals surface area contributed by atoms with E-state index in [2.05, 4.69) is 11.4 Å². The van der Waals surface area contributed by atoms with Crippen molar-refractivity contribution >= 4 is 11.6 Å². The van der Waals surface area contributed by atoms with Crippen LogP contribution in [0.15, 0.2) is 42.5 Å². The smallest absolute Gasteiger partial charge is 0.224 e. The summed E-state index contributed by atoms with van der Waals surface area (Å²) in [6.07, 6.45) is 7.09. The molecule has 2 aromatic rings. The van der Waals surface area contributed by atoms with Crippen LogP contribution in [-0.4, -0.2) is 25.2 Å². The van der Waals surface area contributed by atoms with Crippen molar-refractivity contribution in [2.24, 2.45) is 0 Å². The summed E-state index contributed by atoms with van der Waals surface area (Å²) in [4.78, 5) is 12.4. The highest BCUT2D eigenvalue weighted by atomic mass is 16.5. The van der Waals surface area contributed by atoms with E-state index >= 15 is 0 Å². The number of aryl methyl sites for hydroxylation is 1. The second-order valence-corrected chi connectivity index (χ2v) is 7.43. The molecule has 1 heterocycles. The summed E-state index contributed by atoms with van der Waals surface area (Å²) in [5, 5.41) is 2.95. The maximum atomic E-state index is 12.4. The molecule has 1 N–H and O–H groups in total. The number of hydrogen-bond acceptors (Lipinski definition) is 4. The maximum absolute atomic E-state index is 12.4. The molecule has 1 fully saturated rings. The molecule has 28 heavy (non-hydrogen) atoms. The summed E-state index contributed by atoms with van der Waals surface area (Å²) < 4.78 is 17.4. The molecule has 0 aromatic heterocycles. The minimum Gasteiger partial charge on any atom is -0.490 e. The number of rotatable bonds is 6. The summed E-state index contributed by atoms with van der Waals surface area (Å²) in [6.45, 7) is 1.28. The van der Waals surface area contributed by atoms with Gasteiger partial charge in [-0.05, 0) is 61.9 Å². The first-order valence-electron chi connectivity index (χ1n) is 10.2. The summed E-state index contributed by atoms with van der Waals surface area (Å²) in [5.74, 6) is 2.31. The molecule has 5 nitrogen and oxygen atoms in total. The number of anilines is 1. The molecule has 1 saturated carbocycles. The van der Waals surface area contributed by atoms with Crippen molar-refractivity contribution in [3.05, 3.63) is 48.0 Å². The molecule has 0 unspecified atom stereocenters. The Kier molecular flexibility index (Phi) is 6.00. The quantitative estimate of drug-likeness (QED) is 0.785. The zero-order chi connectivity index (χ0) is 19.2. The van der Waals surface area contributed by atoms with Crippen LogP contribution in [0.4, 0.5) is 5.69 Å². The number of carbonyl (C=O) groups is 1. The summed E-state index contributed by atoms with van der Waals surface area (Å²) >= 11 is 0. The monoisotopic (exact) mass is 381 g/mol. The molecule has 148 valence electrons. The Balaban J connectivity index is 1.30. The first-order valence-corrected chi connectivity index (χ1v) is 10.2. The van der Waals surface area contributed by atoms with Crippen molar-refractivity contribution < 1.29 is 19.0 Å². The molecule has 4 rings (SSSR count). The molecule has 0 spiro atoms. The Bertz CT molecular complexity index is 814. The molecule has 0 atom stereocenters. The van der Waals surface area contributed by atoms with Gasteiger partial charge in [-0.3, -0.25) is 4.79 Å². The van der Waals surface area contributed by atoms with E-state index in [9.17, 15) is 4.79 Å². The van der Waals surface area contributed by atoms with Gasteiger partial charge in [0, 0.05) is 24.6 Å². The SMILES string of the molecule is O=C(CCc1cccc(OC2CCCC2)c1)Nc1ccc2c(c1)OCCCO2. The number of fused-ring (bicyclic) bond motifs is 1. The van der Waals surface area contributed by atoms with Gasteiger partial charge in [-0.25, -0.2) is 0 Å². The molecule has 0 saturated heterocycles. The Morgan fingerprint density at radius 3 is 2.68 bits per heavy atom. The van der Waals surface area contributed by atoms with Gasteiger partial charge >= 0.3 is 0 Å². The van der Waals surface area contributed by atoms with Gasteiger partial charge in [0.1, 0.15) is 5.75 Å². The van der Waals surface area contributed by atoms with Crippen molar-refractivity contribution in [3.8, 4) is 17.2 Å². The number of carbonyl (C=O) groups excluding carboxylic acids is 1. The molecule has 5 heteroatoms. The fourth-order valence-electron chi connectivity index (χ4n) is 3.70. The summed E-state index contributed by atoms with van der Waals surface area (Å²) in [7, 11) is 0. The first-order chi connectivity index (χ1) is 13.8. The van der Waals surface area contributed by atoms with Crippen LogP contribution in [0.25, 0.3) is 0 Å². The predicted molar refractivity (Wildman–Crippen MR) is 108 cm³/mol. The highest BCUT2D eigenvalue weighted by molar-refractivity contribution is 5.91. The topological polar surface area (TPSA) is 56.8 Å². The Morgan fingerprint density at radius 2 is 1.82 bits per heavy atom. The Labute approximate surface area is 166 Å². The number of amides is 1. The van der Waals surface area contributed by atoms with E-state index < -0.39 is 0 Å². The summed E-state index contributed by atoms with van der Waals surface area (Å²) in [5.41, 5.74) is 1.84. The average molecular weight is 381 g/mol. The van der Waals surface area contributed by atoms with Crippen molar-refractivity contribution in [2.75, 3.05) is 18.5 Å². The van der Waals surface area contributed by atoms with E-state index in [1.54, 1.807) is 0 Å². The van der Waals surface area contributed by atoms with Crippen molar-refractivity contribution in [2.45, 2.75) is 51.0 Å². The van der Waals surface area contributed by atoms with Gasteiger partial charge in [0.15, 0.2) is 11.5 Å². The Hall–Kier alpha value is -2.69. The van der Waals surface area contributed by atoms with E-state index in [0.717, 1.165) is 42.0 Å². The third-order valence-corrected chi connectivity index (χ3v) is 5.18. The van der Waals surface area contributed by atoms with Gasteiger partial charge in [-0.15, -0.1) is 0 Å². The third-order valence-electron chi connectivity index (χ3n) is 5.18. The standard InChI is InChI=1S/C23H27NO4/c25-23(24-18-10-11-21-22(16-18)27-14-4-13-26-21)12-9-17-5-3-8-20(15-17)28-19-6-1-2-7-19/h3,5,8,10-11,15-16,19H,1-2,4,6-7,9,12-14H2,(H,24,25). The highest BCUT2D eigenvalue weighted by Gasteiger charge is 2.16. The van der Waals surface area contributed by atoms with E-state index in [-0.39, 0.29) is 5.91 Å². The molecule has 0 radical (unpaired) electrons. The molecular weight excluding hydrogens is 354 g/mol. The molecule has 2 aromatic carbocycles. The largest absolute Gasteiger partial charge is 0.490 e. The van der Waals surface area contributed by atoms with Crippen LogP contribution in [0.2, 0.25) is 0 Å². The van der Waals surface area contributed by atoms with Gasteiger partial charge < -0.3 is 19.5 Å². The lowest BCUT2D eigenvalue weighted by molar-refractivity contribution is -0.116. The van der Waals surface area contributed by atoms with Gasteiger partial charge in [0.05, 0.1) is 19.3 Å². The van der Waals surface area contributed by atoms with Crippen LogP contribution in [0.5, 0.6) is 17.2 Å². The normalized spacial score (nSPS) is 16.4. The van der Waals surface area contributed by atoms with E-state index in [4.69, 9.17) is 14.2 Å². The molecular formula is C23H27NO4. The number of ether oxygens (including phenoxy) is 3. The summed E-state index contributed by atoms with van der Waals surface area (Å²) in [6, 6.07) is 13.6. The lowest BCUT2D eigenvalue weighted by Crippen LogP contribution is -2.13. The zero-order valence-electron chi connectivity index (χ0n) is 16.1. The van der Waals surface area contributed by atoms with E-state index in [1.165, 1.54) is 12.8 Å². The van der Waals surface area contributed by atoms with Crippen LogP contribution in [0, 0.1) is 0 Å². The average Bonchev–Trinajstić information content (AvgIpc) is 3.10. The van der Waals surface area contributed by atoms with Gasteiger partial charge in [0.25, 0.3) is 0 Å². The van der Waals surface area contributed by atoms with E-state index in [0.29, 0.717) is 37.9 Å². The number of hydrogen-bond donors (Lipinski definition) is 1. The lowest BCUT2D eigenvalue weighted by atomic mass is 10.1.